The molecule has 1 atom stereocenters. The van der Waals surface area contributed by atoms with Crippen molar-refractivity contribution >= 4 is 28.7 Å². The fourth-order valence-corrected chi connectivity index (χ4v) is 10.6. The SMILES string of the molecule is [2H]c1c([2H])c(N(c2ccc(C3C=CC(/C(=C/c4ccccc4)c4ccccc4)=CC3)cc2)c2ccc3c(c2)C(c2ccccc2)(c2ccccc2)c2ccccc2-3)c([2H])c([2H])c1-c1ccc(-c2ccccc2)cc1. The van der Waals surface area contributed by atoms with Crippen LogP contribution >= 0.6 is 0 Å². The highest BCUT2D eigenvalue weighted by Gasteiger charge is 2.46. The first-order valence-corrected chi connectivity index (χ1v) is 24.1. The van der Waals surface area contributed by atoms with Crippen molar-refractivity contribution in [1.29, 1.82) is 0 Å². The first-order valence-electron chi connectivity index (χ1n) is 26.1. The largest absolute Gasteiger partial charge is 0.310 e. The molecule has 0 fully saturated rings. The highest BCUT2D eigenvalue weighted by atomic mass is 15.1. The van der Waals surface area contributed by atoms with E-state index in [9.17, 15) is 5.48 Å². The van der Waals surface area contributed by atoms with Crippen molar-refractivity contribution in [3.05, 3.63) is 330 Å². The number of anilines is 3. The molecule has 1 unspecified atom stereocenters. The third kappa shape index (κ3) is 7.92. The topological polar surface area (TPSA) is 3.24 Å². The zero-order chi connectivity index (χ0) is 50.2. The van der Waals surface area contributed by atoms with Crippen molar-refractivity contribution in [2.75, 3.05) is 4.90 Å². The Morgan fingerprint density at radius 1 is 0.457 bits per heavy atom. The summed E-state index contributed by atoms with van der Waals surface area (Å²) in [6.45, 7) is 0. The number of nitrogens with zero attached hydrogens (tertiary/aromatic N) is 1. The molecule has 0 heterocycles. The van der Waals surface area contributed by atoms with Gasteiger partial charge in [0.05, 0.1) is 10.9 Å². The van der Waals surface area contributed by atoms with Gasteiger partial charge in [0.2, 0.25) is 0 Å². The normalized spacial score (nSPS) is 15.4. The molecule has 1 heteroatoms. The first kappa shape index (κ1) is 38.2. The minimum absolute atomic E-state index is 0.0994. The van der Waals surface area contributed by atoms with Crippen LogP contribution in [0.5, 0.6) is 0 Å². The molecule has 0 spiro atoms. The molecular weight excluding hydrogens is 843 g/mol. The van der Waals surface area contributed by atoms with Crippen LogP contribution < -0.4 is 4.90 Å². The molecule has 10 aromatic carbocycles. The molecule has 10 aromatic rings. The lowest BCUT2D eigenvalue weighted by atomic mass is 9.67. The summed E-state index contributed by atoms with van der Waals surface area (Å²) in [5.41, 5.74) is 16.5. The molecule has 2 aliphatic rings. The lowest BCUT2D eigenvalue weighted by Gasteiger charge is -2.35. The van der Waals surface area contributed by atoms with Crippen LogP contribution in [-0.4, -0.2) is 0 Å². The van der Waals surface area contributed by atoms with E-state index < -0.39 is 5.41 Å². The molecule has 70 heavy (non-hydrogen) atoms. The van der Waals surface area contributed by atoms with Crippen molar-refractivity contribution in [2.45, 2.75) is 17.8 Å². The predicted molar refractivity (Wildman–Crippen MR) is 295 cm³/mol. The highest BCUT2D eigenvalue weighted by Crippen LogP contribution is 2.57. The Labute approximate surface area is 418 Å². The van der Waals surface area contributed by atoms with E-state index in [4.69, 9.17) is 0 Å². The minimum Gasteiger partial charge on any atom is -0.310 e. The van der Waals surface area contributed by atoms with E-state index in [-0.39, 0.29) is 41.3 Å². The standard InChI is InChI=1S/C69H51N/c1-6-18-50(19-7-1)48-66(57-22-10-3-11-23-57)58-36-34-54(35-37-58)56-40-44-62(45-41-56)70(61-42-38-55(39-43-61)53-32-30-52(31-33-53)51-20-8-2-9-21-51)63-46-47-65-64-28-16-17-29-67(64)69(68(65)49-63,59-24-12-4-13-25-59)60-26-14-5-15-27-60/h1-34,36-49,54H,35H2/b66-48+/i38D,39D,42D,43D. The predicted octanol–water partition coefficient (Wildman–Crippen LogP) is 18.1. The Hall–Kier alpha value is -8.78. The Balaban J connectivity index is 0.986. The third-order valence-electron chi connectivity index (χ3n) is 14.0. The van der Waals surface area contributed by atoms with Crippen molar-refractivity contribution < 1.29 is 5.48 Å². The Morgan fingerprint density at radius 3 is 1.61 bits per heavy atom. The van der Waals surface area contributed by atoms with E-state index in [0.717, 1.165) is 67.9 Å². The second-order valence-electron chi connectivity index (χ2n) is 18.0. The van der Waals surface area contributed by atoms with Gasteiger partial charge in [-0.15, -0.1) is 0 Å². The minimum atomic E-state index is -0.694. The van der Waals surface area contributed by atoms with Crippen molar-refractivity contribution in [3.63, 3.8) is 0 Å². The summed E-state index contributed by atoms with van der Waals surface area (Å²) in [6.07, 6.45) is 9.94. The van der Waals surface area contributed by atoms with Crippen molar-refractivity contribution in [3.8, 4) is 33.4 Å². The highest BCUT2D eigenvalue weighted by molar-refractivity contribution is 5.93. The van der Waals surface area contributed by atoms with Gasteiger partial charge in [0.15, 0.2) is 0 Å². The Morgan fingerprint density at radius 2 is 0.986 bits per heavy atom. The van der Waals surface area contributed by atoms with Gasteiger partial charge < -0.3 is 4.90 Å². The molecule has 0 saturated carbocycles. The average molecular weight is 898 g/mol. The molecule has 0 radical (unpaired) electrons. The number of allylic oxidation sites excluding steroid dienone is 5. The van der Waals surface area contributed by atoms with Gasteiger partial charge in [0.25, 0.3) is 0 Å². The molecule has 0 saturated heterocycles. The second-order valence-corrected chi connectivity index (χ2v) is 18.0. The summed E-state index contributed by atoms with van der Waals surface area (Å²) >= 11 is 0. The number of fused-ring (bicyclic) bond motifs is 3. The molecule has 0 N–H and O–H groups in total. The molecule has 332 valence electrons. The quantitative estimate of drug-likeness (QED) is 0.117. The smallest absolute Gasteiger partial charge is 0.0714 e. The maximum Gasteiger partial charge on any atom is 0.0714 e. The summed E-state index contributed by atoms with van der Waals surface area (Å²) in [6, 6.07) is 83.3. The summed E-state index contributed by atoms with van der Waals surface area (Å²) in [7, 11) is 0. The van der Waals surface area contributed by atoms with Crippen LogP contribution in [0.2, 0.25) is 0 Å². The van der Waals surface area contributed by atoms with Crippen LogP contribution in [-0.2, 0) is 5.41 Å². The summed E-state index contributed by atoms with van der Waals surface area (Å²) in [4.78, 5) is 1.94. The molecule has 0 bridgehead atoms. The fraction of sp³-hybridized carbons (Fsp3) is 0.0435. The molecule has 0 aromatic heterocycles. The molecule has 0 amide bonds. The van der Waals surface area contributed by atoms with Gasteiger partial charge in [0.1, 0.15) is 0 Å². The maximum absolute atomic E-state index is 9.87. The lowest BCUT2D eigenvalue weighted by Crippen LogP contribution is -2.28. The van der Waals surface area contributed by atoms with Gasteiger partial charge in [-0.05, 0) is 132 Å². The van der Waals surface area contributed by atoms with Gasteiger partial charge in [0, 0.05) is 23.0 Å². The van der Waals surface area contributed by atoms with Crippen molar-refractivity contribution in [2.24, 2.45) is 0 Å². The van der Waals surface area contributed by atoms with Crippen LogP contribution in [0, 0.1) is 0 Å². The molecular formula is C69H51N. The molecule has 1 nitrogen and oxygen atoms in total. The average Bonchev–Trinajstić information content (AvgIpc) is 3.78. The second kappa shape index (κ2) is 18.7. The van der Waals surface area contributed by atoms with E-state index in [1.54, 1.807) is 0 Å². The Kier molecular flexibility index (Phi) is 10.2. The summed E-state index contributed by atoms with van der Waals surface area (Å²) < 4.78 is 39.0. The summed E-state index contributed by atoms with van der Waals surface area (Å²) in [5.74, 6) is 0.122. The zero-order valence-corrected chi connectivity index (χ0v) is 38.6. The van der Waals surface area contributed by atoms with Gasteiger partial charge in [-0.3, -0.25) is 0 Å². The third-order valence-corrected chi connectivity index (χ3v) is 14.0. The van der Waals surface area contributed by atoms with Gasteiger partial charge in [-0.2, -0.15) is 0 Å². The van der Waals surface area contributed by atoms with Gasteiger partial charge >= 0.3 is 0 Å². The first-order chi connectivity index (χ1) is 36.4. The van der Waals surface area contributed by atoms with Gasteiger partial charge in [-0.25, -0.2) is 0 Å². The number of hydrogen-bond donors (Lipinski definition) is 0. The Bertz CT molecular complexity index is 3690. The van der Waals surface area contributed by atoms with E-state index in [1.165, 1.54) is 22.3 Å². The zero-order valence-electron chi connectivity index (χ0n) is 42.6. The van der Waals surface area contributed by atoms with Crippen LogP contribution in [0.3, 0.4) is 0 Å². The number of benzene rings is 10. The van der Waals surface area contributed by atoms with E-state index in [0.29, 0.717) is 5.56 Å². The van der Waals surface area contributed by atoms with E-state index in [1.807, 2.05) is 65.6 Å². The van der Waals surface area contributed by atoms with Gasteiger partial charge in [-0.1, -0.05) is 249 Å². The van der Waals surface area contributed by atoms with Crippen LogP contribution in [0.1, 0.15) is 56.8 Å². The van der Waals surface area contributed by atoms with E-state index >= 15 is 0 Å². The van der Waals surface area contributed by atoms with Crippen LogP contribution in [0.15, 0.2) is 291 Å². The van der Waals surface area contributed by atoms with Crippen LogP contribution in [0.25, 0.3) is 45.0 Å². The number of hydrogen-bond acceptors (Lipinski definition) is 1. The summed E-state index contributed by atoms with van der Waals surface area (Å²) in [5, 5.41) is 0. The monoisotopic (exact) mass is 897 g/mol. The number of rotatable bonds is 11. The van der Waals surface area contributed by atoms with Crippen LogP contribution in [0.4, 0.5) is 17.1 Å². The van der Waals surface area contributed by atoms with Crippen molar-refractivity contribution in [1.82, 2.24) is 0 Å². The lowest BCUT2D eigenvalue weighted by molar-refractivity contribution is 0.768. The van der Waals surface area contributed by atoms with E-state index in [2.05, 4.69) is 206 Å². The fourth-order valence-electron chi connectivity index (χ4n) is 10.6. The molecule has 2 aliphatic carbocycles. The molecule has 0 aliphatic heterocycles. The maximum atomic E-state index is 9.87. The molecule has 12 rings (SSSR count).